The highest BCUT2D eigenvalue weighted by Crippen LogP contribution is 2.31. The minimum atomic E-state index is -3.11. The Kier molecular flexibility index (Phi) is 4.63. The minimum Gasteiger partial charge on any atom is -0.296 e. The summed E-state index contributed by atoms with van der Waals surface area (Å²) in [5.41, 5.74) is 1.15. The molecule has 1 fully saturated rings. The van der Waals surface area contributed by atoms with Gasteiger partial charge in [0.15, 0.2) is 9.84 Å². The van der Waals surface area contributed by atoms with E-state index in [-0.39, 0.29) is 0 Å². The molecule has 0 aromatic heterocycles. The zero-order valence-corrected chi connectivity index (χ0v) is 12.6. The van der Waals surface area contributed by atoms with Crippen LogP contribution in [0.25, 0.3) is 0 Å². The van der Waals surface area contributed by atoms with Gasteiger partial charge in [-0.2, -0.15) is 0 Å². The van der Waals surface area contributed by atoms with Gasteiger partial charge in [0.2, 0.25) is 0 Å². The van der Waals surface area contributed by atoms with Crippen LogP contribution in [-0.4, -0.2) is 32.7 Å². The first kappa shape index (κ1) is 14.5. The van der Waals surface area contributed by atoms with Crippen molar-refractivity contribution in [3.8, 4) is 0 Å². The lowest BCUT2D eigenvalue weighted by molar-refractivity contribution is 0.149. The molecule has 1 aromatic carbocycles. The van der Waals surface area contributed by atoms with Gasteiger partial charge in [0, 0.05) is 12.3 Å². The molecule has 1 aliphatic rings. The van der Waals surface area contributed by atoms with E-state index in [4.69, 9.17) is 0 Å². The number of benzene rings is 1. The molecule has 0 amide bonds. The summed E-state index contributed by atoms with van der Waals surface area (Å²) in [7, 11) is -3.11. The third-order valence-electron chi connectivity index (χ3n) is 3.80. The Morgan fingerprint density at radius 3 is 2.79 bits per heavy atom. The Balaban J connectivity index is 2.29. The van der Waals surface area contributed by atoms with Crippen molar-refractivity contribution in [2.75, 3.05) is 19.3 Å². The highest BCUT2D eigenvalue weighted by atomic mass is 32.2. The number of hydrogen-bond acceptors (Lipinski definition) is 3. The molecule has 1 unspecified atom stereocenters. The van der Waals surface area contributed by atoms with E-state index in [1.54, 1.807) is 6.07 Å². The lowest BCUT2D eigenvalue weighted by atomic mass is 9.95. The number of likely N-dealkylation sites (tertiary alicyclic amines) is 1. The lowest BCUT2D eigenvalue weighted by Crippen LogP contribution is -2.34. The van der Waals surface area contributed by atoms with Gasteiger partial charge in [-0.15, -0.1) is 0 Å². The molecule has 1 heterocycles. The maximum absolute atomic E-state index is 11.7. The number of sulfone groups is 1. The Bertz CT molecular complexity index is 523. The zero-order chi connectivity index (χ0) is 13.9. The van der Waals surface area contributed by atoms with Gasteiger partial charge in [-0.05, 0) is 50.0 Å². The summed E-state index contributed by atoms with van der Waals surface area (Å²) in [6.07, 6.45) is 6.03. The van der Waals surface area contributed by atoms with Gasteiger partial charge in [0.1, 0.15) is 0 Å². The van der Waals surface area contributed by atoms with Crippen LogP contribution in [0.3, 0.4) is 0 Å². The molecule has 0 bridgehead atoms. The summed E-state index contributed by atoms with van der Waals surface area (Å²) >= 11 is 0. The van der Waals surface area contributed by atoms with Gasteiger partial charge in [-0.25, -0.2) is 8.42 Å². The number of rotatable bonds is 4. The second-order valence-electron chi connectivity index (χ2n) is 5.39. The predicted molar refractivity (Wildman–Crippen MR) is 78.0 cm³/mol. The van der Waals surface area contributed by atoms with E-state index in [1.165, 1.54) is 19.1 Å². The van der Waals surface area contributed by atoms with Crippen LogP contribution in [0.1, 0.15) is 44.2 Å². The predicted octanol–water partition coefficient (Wildman–Crippen LogP) is 3.03. The lowest BCUT2D eigenvalue weighted by Gasteiger charge is -2.36. The highest BCUT2D eigenvalue weighted by Gasteiger charge is 2.23. The SMILES string of the molecule is CCCN1CCCCC1c1cccc(S(C)(=O)=O)c1. The second-order valence-corrected chi connectivity index (χ2v) is 7.41. The van der Waals surface area contributed by atoms with Crippen LogP contribution in [0.2, 0.25) is 0 Å². The molecule has 0 spiro atoms. The minimum absolute atomic E-state index is 0.385. The van der Waals surface area contributed by atoms with Gasteiger partial charge >= 0.3 is 0 Å². The summed E-state index contributed by atoms with van der Waals surface area (Å²) in [5, 5.41) is 0. The molecule has 1 atom stereocenters. The van der Waals surface area contributed by atoms with Crippen molar-refractivity contribution in [3.63, 3.8) is 0 Å². The van der Waals surface area contributed by atoms with Crippen LogP contribution < -0.4 is 0 Å². The Morgan fingerprint density at radius 1 is 1.32 bits per heavy atom. The first-order chi connectivity index (χ1) is 9.02. The van der Waals surface area contributed by atoms with Crippen LogP contribution in [0.4, 0.5) is 0 Å². The normalized spacial score (nSPS) is 21.5. The van der Waals surface area contributed by atoms with Crippen LogP contribution in [0.15, 0.2) is 29.2 Å². The molecule has 1 aromatic rings. The third-order valence-corrected chi connectivity index (χ3v) is 4.91. The first-order valence-corrected chi connectivity index (χ1v) is 8.95. The second kappa shape index (κ2) is 6.06. The summed E-state index contributed by atoms with van der Waals surface area (Å²) in [5.74, 6) is 0. The molecular weight excluding hydrogens is 258 g/mol. The molecule has 19 heavy (non-hydrogen) atoms. The Labute approximate surface area is 116 Å². The first-order valence-electron chi connectivity index (χ1n) is 7.06. The molecule has 0 aliphatic carbocycles. The van der Waals surface area contributed by atoms with Crippen LogP contribution in [-0.2, 0) is 9.84 Å². The van der Waals surface area contributed by atoms with Crippen LogP contribution in [0, 0.1) is 0 Å². The van der Waals surface area contributed by atoms with Crippen molar-refractivity contribution >= 4 is 9.84 Å². The maximum Gasteiger partial charge on any atom is 0.175 e. The average Bonchev–Trinajstić information content (AvgIpc) is 2.39. The van der Waals surface area contributed by atoms with Crippen molar-refractivity contribution in [3.05, 3.63) is 29.8 Å². The summed E-state index contributed by atoms with van der Waals surface area (Å²) < 4.78 is 23.3. The van der Waals surface area contributed by atoms with Crippen LogP contribution >= 0.6 is 0 Å². The quantitative estimate of drug-likeness (QED) is 0.851. The molecule has 0 N–H and O–H groups in total. The molecule has 1 aliphatic heterocycles. The van der Waals surface area contributed by atoms with E-state index >= 15 is 0 Å². The summed E-state index contributed by atoms with van der Waals surface area (Å²) in [4.78, 5) is 2.93. The van der Waals surface area contributed by atoms with Crippen molar-refractivity contribution in [2.24, 2.45) is 0 Å². The van der Waals surface area contributed by atoms with Crippen LogP contribution in [0.5, 0.6) is 0 Å². The standard InChI is InChI=1S/C15H23NO2S/c1-3-10-16-11-5-4-9-15(16)13-7-6-8-14(12-13)19(2,17)18/h6-8,12,15H,3-5,9-11H2,1-2H3. The monoisotopic (exact) mass is 281 g/mol. The zero-order valence-electron chi connectivity index (χ0n) is 11.8. The molecule has 3 nitrogen and oxygen atoms in total. The van der Waals surface area contributed by atoms with Crippen molar-refractivity contribution < 1.29 is 8.42 Å². The number of piperidine rings is 1. The van der Waals surface area contributed by atoms with E-state index in [9.17, 15) is 8.42 Å². The largest absolute Gasteiger partial charge is 0.296 e. The van der Waals surface area contributed by atoms with Gasteiger partial charge in [-0.1, -0.05) is 25.5 Å². The fourth-order valence-electron chi connectivity index (χ4n) is 2.88. The molecular formula is C15H23NO2S. The molecule has 2 rings (SSSR count). The fourth-order valence-corrected chi connectivity index (χ4v) is 3.55. The number of nitrogens with zero attached hydrogens (tertiary/aromatic N) is 1. The maximum atomic E-state index is 11.7. The Hall–Kier alpha value is -0.870. The third kappa shape index (κ3) is 3.57. The highest BCUT2D eigenvalue weighted by molar-refractivity contribution is 7.90. The summed E-state index contributed by atoms with van der Waals surface area (Å²) in [6, 6.07) is 7.85. The molecule has 0 radical (unpaired) electrons. The van der Waals surface area contributed by atoms with Gasteiger partial charge < -0.3 is 0 Å². The van der Waals surface area contributed by atoms with E-state index in [0.29, 0.717) is 10.9 Å². The Morgan fingerprint density at radius 2 is 2.11 bits per heavy atom. The average molecular weight is 281 g/mol. The molecule has 0 saturated carbocycles. The van der Waals surface area contributed by atoms with Gasteiger partial charge in [0.25, 0.3) is 0 Å². The molecule has 1 saturated heterocycles. The summed E-state index contributed by atoms with van der Waals surface area (Å²) in [6.45, 7) is 4.41. The fraction of sp³-hybridized carbons (Fsp3) is 0.600. The van der Waals surface area contributed by atoms with Crippen molar-refractivity contribution in [1.82, 2.24) is 4.90 Å². The number of hydrogen-bond donors (Lipinski definition) is 0. The van der Waals surface area contributed by atoms with E-state index in [2.05, 4.69) is 17.9 Å². The van der Waals surface area contributed by atoms with Gasteiger partial charge in [-0.3, -0.25) is 4.90 Å². The molecule has 4 heteroatoms. The van der Waals surface area contributed by atoms with Crippen molar-refractivity contribution in [2.45, 2.75) is 43.5 Å². The smallest absolute Gasteiger partial charge is 0.175 e. The van der Waals surface area contributed by atoms with E-state index in [1.807, 2.05) is 12.1 Å². The topological polar surface area (TPSA) is 37.4 Å². The van der Waals surface area contributed by atoms with E-state index < -0.39 is 9.84 Å². The van der Waals surface area contributed by atoms with E-state index in [0.717, 1.165) is 31.5 Å². The van der Waals surface area contributed by atoms with Crippen molar-refractivity contribution in [1.29, 1.82) is 0 Å². The van der Waals surface area contributed by atoms with Gasteiger partial charge in [0.05, 0.1) is 4.90 Å². The molecule has 106 valence electrons.